The number of alkyl halides is 3. The maximum absolute atomic E-state index is 11.6. The van der Waals surface area contributed by atoms with Crippen LogP contribution in [0.15, 0.2) is 0 Å². The summed E-state index contributed by atoms with van der Waals surface area (Å²) in [6.45, 7) is 2.63. The van der Waals surface area contributed by atoms with Crippen molar-refractivity contribution in [3.63, 3.8) is 0 Å². The minimum absolute atomic E-state index is 0.440. The van der Waals surface area contributed by atoms with Gasteiger partial charge in [-0.2, -0.15) is 13.2 Å². The first-order valence-corrected chi connectivity index (χ1v) is 4.25. The van der Waals surface area contributed by atoms with E-state index in [0.29, 0.717) is 6.61 Å². The van der Waals surface area contributed by atoms with Gasteiger partial charge in [0.2, 0.25) is 0 Å². The maximum atomic E-state index is 11.6. The van der Waals surface area contributed by atoms with Crippen molar-refractivity contribution in [1.82, 2.24) is 0 Å². The molecule has 0 N–H and O–H groups in total. The molecule has 0 heterocycles. The fourth-order valence-electron chi connectivity index (χ4n) is 0.654. The highest BCUT2D eigenvalue weighted by Gasteiger charge is 2.28. The third-order valence-corrected chi connectivity index (χ3v) is 1.33. The highest BCUT2D eigenvalue weighted by Crippen LogP contribution is 2.15. The van der Waals surface area contributed by atoms with E-state index in [1.165, 1.54) is 6.92 Å². The summed E-state index contributed by atoms with van der Waals surface area (Å²) < 4.78 is 44.2. The molecule has 0 aliphatic heterocycles. The Hall–Kier alpha value is -0.290. The molecule has 0 aromatic rings. The number of rotatable bonds is 6. The predicted molar refractivity (Wildman–Crippen MR) is 42.3 cm³/mol. The summed E-state index contributed by atoms with van der Waals surface area (Å²) in [6, 6.07) is 0. The predicted octanol–water partition coefficient (Wildman–Crippen LogP) is 2.73. The molecule has 0 saturated carbocycles. The molecule has 0 spiro atoms. The molecule has 80 valence electrons. The van der Waals surface area contributed by atoms with Crippen molar-refractivity contribution < 1.29 is 22.6 Å². The van der Waals surface area contributed by atoms with Gasteiger partial charge in [0, 0.05) is 6.61 Å². The van der Waals surface area contributed by atoms with Crippen LogP contribution in [0, 0.1) is 0 Å². The molecule has 0 aliphatic rings. The van der Waals surface area contributed by atoms with Gasteiger partial charge in [-0.05, 0) is 13.3 Å². The molecule has 13 heavy (non-hydrogen) atoms. The maximum Gasteiger partial charge on any atom is 0.411 e. The second-order valence-corrected chi connectivity index (χ2v) is 2.72. The summed E-state index contributed by atoms with van der Waals surface area (Å²) in [5.74, 6) is 0. The minimum atomic E-state index is -4.28. The second-order valence-electron chi connectivity index (χ2n) is 2.72. The van der Waals surface area contributed by atoms with Crippen LogP contribution in [0.5, 0.6) is 0 Å². The zero-order chi connectivity index (χ0) is 10.3. The van der Waals surface area contributed by atoms with Crippen molar-refractivity contribution in [2.45, 2.75) is 39.2 Å². The fraction of sp³-hybridized carbons (Fsp3) is 1.00. The lowest BCUT2D eigenvalue weighted by Crippen LogP contribution is -2.23. The Balaban J connectivity index is 3.35. The van der Waals surface area contributed by atoms with Gasteiger partial charge in [-0.15, -0.1) is 0 Å². The molecule has 0 saturated heterocycles. The molecule has 0 rings (SSSR count). The van der Waals surface area contributed by atoms with Gasteiger partial charge in [0.05, 0.1) is 0 Å². The van der Waals surface area contributed by atoms with Crippen LogP contribution in [0.3, 0.4) is 0 Å². The second kappa shape index (κ2) is 6.21. The van der Waals surface area contributed by atoms with Gasteiger partial charge >= 0.3 is 6.18 Å². The molecule has 0 radical (unpaired) electrons. The standard InChI is InChI=1S/C8H15F3O2/c1-3-4-5-12-7(2)13-6-8(9,10)11/h7H,3-6H2,1-2H3/t7-/m0/s1. The summed E-state index contributed by atoms with van der Waals surface area (Å²) in [4.78, 5) is 0. The van der Waals surface area contributed by atoms with Crippen molar-refractivity contribution in [2.75, 3.05) is 13.2 Å². The van der Waals surface area contributed by atoms with E-state index in [2.05, 4.69) is 4.74 Å². The Labute approximate surface area is 76.0 Å². The third kappa shape index (κ3) is 9.63. The van der Waals surface area contributed by atoms with Crippen molar-refractivity contribution in [3.8, 4) is 0 Å². The molecule has 0 bridgehead atoms. The van der Waals surface area contributed by atoms with Crippen molar-refractivity contribution >= 4 is 0 Å². The molecule has 0 aliphatic carbocycles. The van der Waals surface area contributed by atoms with Crippen LogP contribution in [0.4, 0.5) is 13.2 Å². The first-order chi connectivity index (χ1) is 5.95. The Morgan fingerprint density at radius 3 is 2.31 bits per heavy atom. The van der Waals surface area contributed by atoms with Crippen molar-refractivity contribution in [1.29, 1.82) is 0 Å². The average molecular weight is 200 g/mol. The summed E-state index contributed by atoms with van der Waals surface area (Å²) in [7, 11) is 0. The lowest BCUT2D eigenvalue weighted by Gasteiger charge is -2.14. The Morgan fingerprint density at radius 1 is 1.23 bits per heavy atom. The average Bonchev–Trinajstić information content (AvgIpc) is 2.00. The Bertz CT molecular complexity index is 125. The number of ether oxygens (including phenoxy) is 2. The molecule has 5 heteroatoms. The van der Waals surface area contributed by atoms with Gasteiger partial charge in [-0.1, -0.05) is 13.3 Å². The van der Waals surface area contributed by atoms with Crippen LogP contribution in [-0.2, 0) is 9.47 Å². The van der Waals surface area contributed by atoms with E-state index < -0.39 is 19.1 Å². The third-order valence-electron chi connectivity index (χ3n) is 1.33. The topological polar surface area (TPSA) is 18.5 Å². The van der Waals surface area contributed by atoms with E-state index in [-0.39, 0.29) is 0 Å². The molecular formula is C8H15F3O2. The molecule has 1 atom stereocenters. The van der Waals surface area contributed by atoms with E-state index in [4.69, 9.17) is 4.74 Å². The van der Waals surface area contributed by atoms with E-state index >= 15 is 0 Å². The molecule has 0 unspecified atom stereocenters. The van der Waals surface area contributed by atoms with Gasteiger partial charge in [0.25, 0.3) is 0 Å². The number of unbranched alkanes of at least 4 members (excludes halogenated alkanes) is 1. The van der Waals surface area contributed by atoms with Gasteiger partial charge in [-0.25, -0.2) is 0 Å². The van der Waals surface area contributed by atoms with Crippen LogP contribution in [0.1, 0.15) is 26.7 Å². The lowest BCUT2D eigenvalue weighted by molar-refractivity contribution is -0.224. The monoisotopic (exact) mass is 200 g/mol. The van der Waals surface area contributed by atoms with Crippen LogP contribution >= 0.6 is 0 Å². The van der Waals surface area contributed by atoms with Gasteiger partial charge in [-0.3, -0.25) is 0 Å². The van der Waals surface area contributed by atoms with Crippen LogP contribution < -0.4 is 0 Å². The quantitative estimate of drug-likeness (QED) is 0.484. The fourth-order valence-corrected chi connectivity index (χ4v) is 0.654. The van der Waals surface area contributed by atoms with E-state index in [0.717, 1.165) is 12.8 Å². The van der Waals surface area contributed by atoms with Gasteiger partial charge in [0.1, 0.15) is 6.61 Å². The molecule has 2 nitrogen and oxygen atoms in total. The van der Waals surface area contributed by atoms with Crippen LogP contribution in [0.25, 0.3) is 0 Å². The first kappa shape index (κ1) is 12.7. The van der Waals surface area contributed by atoms with E-state index in [1.807, 2.05) is 6.92 Å². The summed E-state index contributed by atoms with van der Waals surface area (Å²) in [5.41, 5.74) is 0. The smallest absolute Gasteiger partial charge is 0.353 e. The van der Waals surface area contributed by atoms with Crippen molar-refractivity contribution in [3.05, 3.63) is 0 Å². The highest BCUT2D eigenvalue weighted by atomic mass is 19.4. The zero-order valence-corrected chi connectivity index (χ0v) is 7.86. The number of halogens is 3. The Morgan fingerprint density at radius 2 is 1.85 bits per heavy atom. The van der Waals surface area contributed by atoms with E-state index in [1.54, 1.807) is 0 Å². The van der Waals surface area contributed by atoms with Gasteiger partial charge in [0.15, 0.2) is 6.29 Å². The number of hydrogen-bond acceptors (Lipinski definition) is 2. The first-order valence-electron chi connectivity index (χ1n) is 4.25. The van der Waals surface area contributed by atoms with Crippen LogP contribution in [0.2, 0.25) is 0 Å². The highest BCUT2D eigenvalue weighted by molar-refractivity contribution is 4.46. The molecule has 0 aromatic carbocycles. The number of hydrogen-bond donors (Lipinski definition) is 0. The molecule has 0 aromatic heterocycles. The molecule has 0 fully saturated rings. The van der Waals surface area contributed by atoms with Gasteiger partial charge < -0.3 is 9.47 Å². The van der Waals surface area contributed by atoms with E-state index in [9.17, 15) is 13.2 Å². The molecular weight excluding hydrogens is 185 g/mol. The summed E-state index contributed by atoms with van der Waals surface area (Å²) in [6.07, 6.45) is -3.28. The minimum Gasteiger partial charge on any atom is -0.353 e. The van der Waals surface area contributed by atoms with Crippen molar-refractivity contribution in [2.24, 2.45) is 0 Å². The summed E-state index contributed by atoms with van der Waals surface area (Å²) >= 11 is 0. The normalized spacial score (nSPS) is 14.5. The Kier molecular flexibility index (Phi) is 6.07. The SMILES string of the molecule is CCCCO[C@H](C)OCC(F)(F)F. The molecule has 0 amide bonds. The zero-order valence-electron chi connectivity index (χ0n) is 7.86. The largest absolute Gasteiger partial charge is 0.411 e. The lowest BCUT2D eigenvalue weighted by atomic mass is 10.4. The van der Waals surface area contributed by atoms with Crippen LogP contribution in [-0.4, -0.2) is 25.7 Å². The summed E-state index contributed by atoms with van der Waals surface area (Å²) in [5, 5.41) is 0.